The van der Waals surface area contributed by atoms with E-state index in [9.17, 15) is 14.7 Å². The minimum absolute atomic E-state index is 0.0324. The number of amides is 2. The number of fused-ring (bicyclic) bond motifs is 1. The van der Waals surface area contributed by atoms with Crippen LogP contribution in [0, 0.1) is 0 Å². The van der Waals surface area contributed by atoms with Crippen molar-refractivity contribution in [3.63, 3.8) is 0 Å². The Morgan fingerprint density at radius 3 is 2.61 bits per heavy atom. The number of rotatable bonds is 5. The third kappa shape index (κ3) is 4.60. The highest BCUT2D eigenvalue weighted by Crippen LogP contribution is 2.29. The van der Waals surface area contributed by atoms with Crippen molar-refractivity contribution >= 4 is 57.7 Å². The third-order valence-electron chi connectivity index (χ3n) is 3.88. The van der Waals surface area contributed by atoms with Crippen LogP contribution in [0.1, 0.15) is 12.0 Å². The number of hydrazone groups is 1. The van der Waals surface area contributed by atoms with Gasteiger partial charge in [0.05, 0.1) is 21.9 Å². The molecule has 0 heterocycles. The molecule has 0 saturated carbocycles. The van der Waals surface area contributed by atoms with Crippen LogP contribution < -0.4 is 10.7 Å². The molecule has 8 heteroatoms. The van der Waals surface area contributed by atoms with Crippen molar-refractivity contribution in [3.8, 4) is 5.75 Å². The molecule has 0 unspecified atom stereocenters. The van der Waals surface area contributed by atoms with Crippen LogP contribution in [0.2, 0.25) is 10.0 Å². The number of carbonyl (C=O) groups is 2. The zero-order valence-corrected chi connectivity index (χ0v) is 16.0. The van der Waals surface area contributed by atoms with Gasteiger partial charge in [0.25, 0.3) is 0 Å². The topological polar surface area (TPSA) is 90.8 Å². The second-order valence-electron chi connectivity index (χ2n) is 5.84. The molecule has 0 spiro atoms. The van der Waals surface area contributed by atoms with Gasteiger partial charge in [-0.25, -0.2) is 5.43 Å². The minimum atomic E-state index is -0.619. The Morgan fingerprint density at radius 2 is 1.79 bits per heavy atom. The summed E-state index contributed by atoms with van der Waals surface area (Å²) >= 11 is 11.9. The van der Waals surface area contributed by atoms with Crippen LogP contribution in [-0.2, 0) is 9.59 Å². The summed E-state index contributed by atoms with van der Waals surface area (Å²) in [6.45, 7) is 0. The largest absolute Gasteiger partial charge is 0.507 e. The molecule has 0 saturated heterocycles. The Morgan fingerprint density at radius 1 is 1.00 bits per heavy atom. The van der Waals surface area contributed by atoms with Crippen molar-refractivity contribution in [3.05, 3.63) is 70.2 Å². The van der Waals surface area contributed by atoms with Gasteiger partial charge in [0.1, 0.15) is 12.2 Å². The first kappa shape index (κ1) is 19.7. The lowest BCUT2D eigenvalue weighted by atomic mass is 10.0. The van der Waals surface area contributed by atoms with Crippen LogP contribution in [0.3, 0.4) is 0 Å². The summed E-state index contributed by atoms with van der Waals surface area (Å²) in [6.07, 6.45) is 0.878. The third-order valence-corrected chi connectivity index (χ3v) is 4.70. The average molecular weight is 416 g/mol. The molecule has 2 amide bonds. The van der Waals surface area contributed by atoms with Gasteiger partial charge in [-0.1, -0.05) is 59.6 Å². The number of nitrogens with zero attached hydrogens (tertiary/aromatic N) is 1. The van der Waals surface area contributed by atoms with Crippen molar-refractivity contribution in [2.24, 2.45) is 5.10 Å². The lowest BCUT2D eigenvalue weighted by molar-refractivity contribution is -0.126. The lowest BCUT2D eigenvalue weighted by Gasteiger charge is -2.07. The van der Waals surface area contributed by atoms with Gasteiger partial charge in [-0.3, -0.25) is 9.59 Å². The Kier molecular flexibility index (Phi) is 6.13. The number of benzene rings is 3. The molecule has 0 fully saturated rings. The zero-order chi connectivity index (χ0) is 20.1. The number of nitrogens with one attached hydrogen (secondary N) is 2. The quantitative estimate of drug-likeness (QED) is 0.329. The summed E-state index contributed by atoms with van der Waals surface area (Å²) in [5.74, 6) is -1.15. The molecule has 142 valence electrons. The summed E-state index contributed by atoms with van der Waals surface area (Å²) in [5.41, 5.74) is 3.05. The highest BCUT2D eigenvalue weighted by atomic mass is 35.5. The van der Waals surface area contributed by atoms with E-state index in [0.717, 1.165) is 10.8 Å². The summed E-state index contributed by atoms with van der Waals surface area (Å²) in [4.78, 5) is 23.9. The molecule has 28 heavy (non-hydrogen) atoms. The molecule has 3 aromatic carbocycles. The number of halogens is 2. The molecule has 0 radical (unpaired) electrons. The van der Waals surface area contributed by atoms with Gasteiger partial charge in [0, 0.05) is 5.56 Å². The van der Waals surface area contributed by atoms with Crippen molar-refractivity contribution in [1.29, 1.82) is 0 Å². The fourth-order valence-electron chi connectivity index (χ4n) is 2.57. The van der Waals surface area contributed by atoms with E-state index in [1.807, 2.05) is 24.3 Å². The van der Waals surface area contributed by atoms with Gasteiger partial charge in [-0.2, -0.15) is 5.10 Å². The smallest absolute Gasteiger partial charge is 0.249 e. The summed E-state index contributed by atoms with van der Waals surface area (Å²) < 4.78 is 0. The molecule has 3 aromatic rings. The summed E-state index contributed by atoms with van der Waals surface area (Å²) in [6, 6.07) is 15.6. The van der Waals surface area contributed by atoms with E-state index in [2.05, 4.69) is 15.8 Å². The predicted molar refractivity (Wildman–Crippen MR) is 111 cm³/mol. The Balaban J connectivity index is 1.62. The van der Waals surface area contributed by atoms with Gasteiger partial charge in [-0.05, 0) is 29.0 Å². The van der Waals surface area contributed by atoms with Crippen LogP contribution >= 0.6 is 23.2 Å². The standard InChI is InChI=1S/C20H15Cl2N3O3/c21-15-6-3-7-16(20(15)22)24-18(27)10-19(28)25-23-11-14-13-5-2-1-4-12(13)8-9-17(14)26/h1-9,11,26H,10H2,(H,24,27)(H,25,28). The van der Waals surface area contributed by atoms with Crippen LogP contribution in [0.15, 0.2) is 59.7 Å². The van der Waals surface area contributed by atoms with Gasteiger partial charge < -0.3 is 10.4 Å². The first-order chi connectivity index (χ1) is 13.5. The molecular weight excluding hydrogens is 401 g/mol. The number of phenols is 1. The van der Waals surface area contributed by atoms with Crippen LogP contribution in [0.5, 0.6) is 5.75 Å². The van der Waals surface area contributed by atoms with Crippen molar-refractivity contribution in [2.45, 2.75) is 6.42 Å². The van der Waals surface area contributed by atoms with E-state index in [-0.39, 0.29) is 10.8 Å². The first-order valence-corrected chi connectivity index (χ1v) is 8.98. The fraction of sp³-hybridized carbons (Fsp3) is 0.0500. The summed E-state index contributed by atoms with van der Waals surface area (Å²) in [7, 11) is 0. The number of carbonyl (C=O) groups excluding carboxylic acids is 2. The maximum Gasteiger partial charge on any atom is 0.249 e. The molecule has 0 aliphatic rings. The van der Waals surface area contributed by atoms with Gasteiger partial charge in [-0.15, -0.1) is 0 Å². The Hall–Kier alpha value is -3.09. The molecule has 0 aromatic heterocycles. The number of hydrogen-bond donors (Lipinski definition) is 3. The van der Waals surface area contributed by atoms with E-state index in [0.29, 0.717) is 16.3 Å². The highest BCUT2D eigenvalue weighted by Gasteiger charge is 2.12. The van der Waals surface area contributed by atoms with Crippen LogP contribution in [0.4, 0.5) is 5.69 Å². The van der Waals surface area contributed by atoms with E-state index in [1.54, 1.807) is 30.3 Å². The average Bonchev–Trinajstić information content (AvgIpc) is 2.67. The van der Waals surface area contributed by atoms with E-state index in [4.69, 9.17) is 23.2 Å². The Labute approximate surface area is 170 Å². The molecule has 0 atom stereocenters. The van der Waals surface area contributed by atoms with Crippen molar-refractivity contribution in [2.75, 3.05) is 5.32 Å². The number of hydrogen-bond acceptors (Lipinski definition) is 4. The maximum atomic E-state index is 12.0. The summed E-state index contributed by atoms with van der Waals surface area (Å²) in [5, 5.41) is 18.6. The van der Waals surface area contributed by atoms with Crippen LogP contribution in [0.25, 0.3) is 10.8 Å². The van der Waals surface area contributed by atoms with E-state index in [1.165, 1.54) is 6.21 Å². The molecule has 0 aliphatic carbocycles. The molecule has 3 rings (SSSR count). The fourth-order valence-corrected chi connectivity index (χ4v) is 2.92. The maximum absolute atomic E-state index is 12.0. The monoisotopic (exact) mass is 415 g/mol. The zero-order valence-electron chi connectivity index (χ0n) is 14.4. The minimum Gasteiger partial charge on any atom is -0.507 e. The SMILES string of the molecule is O=C(CC(=O)Nc1cccc(Cl)c1Cl)NN=Cc1c(O)ccc2ccccc12. The lowest BCUT2D eigenvalue weighted by Crippen LogP contribution is -2.24. The van der Waals surface area contributed by atoms with Crippen molar-refractivity contribution in [1.82, 2.24) is 5.43 Å². The molecule has 3 N–H and O–H groups in total. The van der Waals surface area contributed by atoms with Gasteiger partial charge >= 0.3 is 0 Å². The van der Waals surface area contributed by atoms with Crippen LogP contribution in [-0.4, -0.2) is 23.1 Å². The highest BCUT2D eigenvalue weighted by molar-refractivity contribution is 6.44. The van der Waals surface area contributed by atoms with Gasteiger partial charge in [0.15, 0.2) is 0 Å². The number of aromatic hydroxyl groups is 1. The molecular formula is C20H15Cl2N3O3. The van der Waals surface area contributed by atoms with Gasteiger partial charge in [0.2, 0.25) is 11.8 Å². The first-order valence-electron chi connectivity index (χ1n) is 8.22. The predicted octanol–water partition coefficient (Wildman–Crippen LogP) is 4.33. The van der Waals surface area contributed by atoms with Crippen molar-refractivity contribution < 1.29 is 14.7 Å². The normalized spacial score (nSPS) is 10.9. The number of phenolic OH excluding ortho intramolecular Hbond substituents is 1. The molecule has 0 bridgehead atoms. The van der Waals surface area contributed by atoms with E-state index >= 15 is 0 Å². The molecule has 0 aliphatic heterocycles. The second kappa shape index (κ2) is 8.73. The Bertz CT molecular complexity index is 1080. The van der Waals surface area contributed by atoms with E-state index < -0.39 is 18.2 Å². The number of anilines is 1. The second-order valence-corrected chi connectivity index (χ2v) is 6.62. The molecule has 6 nitrogen and oxygen atoms in total.